The van der Waals surface area contributed by atoms with E-state index in [9.17, 15) is 4.79 Å². The number of aromatic nitrogens is 2. The number of rotatable bonds is 4. The Labute approximate surface area is 150 Å². The van der Waals surface area contributed by atoms with Crippen LogP contribution in [0, 0.1) is 12.8 Å². The van der Waals surface area contributed by atoms with E-state index < -0.39 is 0 Å². The van der Waals surface area contributed by atoms with Gasteiger partial charge in [-0.2, -0.15) is 0 Å². The van der Waals surface area contributed by atoms with Crippen molar-refractivity contribution in [1.29, 1.82) is 0 Å². The fraction of sp³-hybridized carbons (Fsp3) is 0.211. The summed E-state index contributed by atoms with van der Waals surface area (Å²) in [5.41, 5.74) is 3.46. The van der Waals surface area contributed by atoms with Crippen molar-refractivity contribution in [1.82, 2.24) is 9.97 Å². The van der Waals surface area contributed by atoms with Crippen LogP contribution in [0.25, 0.3) is 21.9 Å². The smallest absolute Gasteiger partial charge is 0.228 e. The normalized spacial score (nSPS) is 14.0. The highest BCUT2D eigenvalue weighted by atomic mass is 16.2. The minimum Gasteiger partial charge on any atom is -0.310 e. The minimum absolute atomic E-state index is 0.0565. The third kappa shape index (κ3) is 3.23. The van der Waals surface area contributed by atoms with Crippen molar-refractivity contribution in [3.63, 3.8) is 0 Å². The number of nitrogens with one attached hydrogen (secondary N) is 1. The van der Waals surface area contributed by atoms with E-state index in [1.807, 2.05) is 37.3 Å². The highest BCUT2D eigenvalue weighted by Gasteiger charge is 2.29. The second kappa shape index (κ2) is 6.51. The Hall–Kier alpha value is -3.35. The average Bonchev–Trinajstić information content (AvgIpc) is 3.48. The van der Waals surface area contributed by atoms with Crippen molar-refractivity contribution >= 4 is 28.2 Å². The van der Waals surface area contributed by atoms with Crippen LogP contribution in [0.5, 0.6) is 0 Å². The van der Waals surface area contributed by atoms with E-state index in [2.05, 4.69) is 25.6 Å². The van der Waals surface area contributed by atoms with E-state index in [-0.39, 0.29) is 11.8 Å². The molecule has 0 bridgehead atoms. The summed E-state index contributed by atoms with van der Waals surface area (Å²) in [6.07, 6.45) is 5.35. The lowest BCUT2D eigenvalue weighted by molar-refractivity contribution is -0.117. The van der Waals surface area contributed by atoms with Crippen LogP contribution in [0.1, 0.15) is 18.5 Å². The van der Waals surface area contributed by atoms with Crippen LogP contribution in [-0.2, 0) is 4.79 Å². The van der Waals surface area contributed by atoms with Crippen molar-refractivity contribution in [2.24, 2.45) is 22.1 Å². The molecule has 1 aliphatic rings. The maximum Gasteiger partial charge on any atom is 0.228 e. The van der Waals surface area contributed by atoms with Gasteiger partial charge < -0.3 is 11.2 Å². The zero-order chi connectivity index (χ0) is 18.1. The van der Waals surface area contributed by atoms with Gasteiger partial charge in [-0.05, 0) is 48.9 Å². The summed E-state index contributed by atoms with van der Waals surface area (Å²) < 4.78 is 0. The highest BCUT2D eigenvalue weighted by molar-refractivity contribution is 5.96. The third-order valence-electron chi connectivity index (χ3n) is 4.48. The van der Waals surface area contributed by atoms with Gasteiger partial charge in [0.15, 0.2) is 0 Å². The Morgan fingerprint density at radius 1 is 1.15 bits per heavy atom. The van der Waals surface area contributed by atoms with Gasteiger partial charge >= 0.3 is 0 Å². The number of pyridine rings is 2. The van der Waals surface area contributed by atoms with Crippen LogP contribution in [0.2, 0.25) is 0 Å². The van der Waals surface area contributed by atoms with Gasteiger partial charge in [0.2, 0.25) is 5.91 Å². The second-order valence-electron chi connectivity index (χ2n) is 6.44. The molecule has 1 amide bonds. The van der Waals surface area contributed by atoms with Crippen LogP contribution in [0.15, 0.2) is 53.1 Å². The summed E-state index contributed by atoms with van der Waals surface area (Å²) in [6.45, 7) is 1.94. The first-order valence-electron chi connectivity index (χ1n) is 8.42. The number of carbonyl (C=O) groups is 1. The van der Waals surface area contributed by atoms with E-state index in [0.29, 0.717) is 11.5 Å². The fourth-order valence-electron chi connectivity index (χ4n) is 2.89. The molecule has 7 nitrogen and oxygen atoms in total. The van der Waals surface area contributed by atoms with Gasteiger partial charge in [-0.3, -0.25) is 9.78 Å². The Kier molecular flexibility index (Phi) is 4.04. The van der Waals surface area contributed by atoms with Crippen molar-refractivity contribution in [3.05, 3.63) is 48.4 Å². The monoisotopic (exact) mass is 346 g/mol. The minimum atomic E-state index is 0.0565. The van der Waals surface area contributed by atoms with Crippen molar-refractivity contribution in [2.45, 2.75) is 19.8 Å². The van der Waals surface area contributed by atoms with Crippen LogP contribution in [0.4, 0.5) is 11.5 Å². The first-order valence-corrected chi connectivity index (χ1v) is 8.42. The number of nitrogens with zero attached hydrogens (tertiary/aromatic N) is 4. The van der Waals surface area contributed by atoms with Crippen LogP contribution < -0.4 is 11.2 Å². The second-order valence-corrected chi connectivity index (χ2v) is 6.44. The number of hydrogen-bond acceptors (Lipinski definition) is 5. The van der Waals surface area contributed by atoms with E-state index in [1.165, 1.54) is 0 Å². The van der Waals surface area contributed by atoms with Gasteiger partial charge in [0.1, 0.15) is 11.5 Å². The average molecular weight is 346 g/mol. The predicted octanol–water partition coefficient (Wildman–Crippen LogP) is 3.91. The maximum absolute atomic E-state index is 11.9. The number of anilines is 1. The number of carbonyl (C=O) groups excluding carboxylic acids is 1. The Morgan fingerprint density at radius 2 is 2.00 bits per heavy atom. The number of benzene rings is 1. The summed E-state index contributed by atoms with van der Waals surface area (Å²) >= 11 is 0. The molecule has 0 radical (unpaired) electrons. The molecule has 130 valence electrons. The lowest BCUT2D eigenvalue weighted by Gasteiger charge is -2.09. The van der Waals surface area contributed by atoms with Gasteiger partial charge in [0.25, 0.3) is 0 Å². The van der Waals surface area contributed by atoms with Gasteiger partial charge in [-0.15, -0.1) is 5.11 Å². The Balaban J connectivity index is 1.67. The van der Waals surface area contributed by atoms with Gasteiger partial charge in [-0.25, -0.2) is 4.98 Å². The molecule has 0 unspecified atom stereocenters. The lowest BCUT2D eigenvalue weighted by atomic mass is 10.0. The molecule has 0 atom stereocenters. The molecule has 1 saturated carbocycles. The predicted molar refractivity (Wildman–Crippen MR) is 99.8 cm³/mol. The molecule has 0 spiro atoms. The van der Waals surface area contributed by atoms with E-state index >= 15 is 0 Å². The molecule has 0 saturated heterocycles. The summed E-state index contributed by atoms with van der Waals surface area (Å²) in [4.78, 5) is 20.6. The van der Waals surface area contributed by atoms with E-state index in [0.717, 1.165) is 40.4 Å². The summed E-state index contributed by atoms with van der Waals surface area (Å²) in [7, 11) is 0. The first kappa shape index (κ1) is 16.1. The van der Waals surface area contributed by atoms with Gasteiger partial charge in [0, 0.05) is 28.8 Å². The number of amides is 1. The number of nitrogens with two attached hydrogens (primary N) is 1. The number of aryl methyl sites for hydroxylation is 1. The quantitative estimate of drug-likeness (QED) is 0.424. The molecule has 0 aliphatic heterocycles. The van der Waals surface area contributed by atoms with Crippen LogP contribution >= 0.6 is 0 Å². The van der Waals surface area contributed by atoms with Gasteiger partial charge in [0.05, 0.1) is 6.20 Å². The van der Waals surface area contributed by atoms with Crippen LogP contribution in [0.3, 0.4) is 0 Å². The molecule has 2 heterocycles. The summed E-state index contributed by atoms with van der Waals surface area (Å²) in [5.74, 6) is 5.93. The Bertz CT molecular complexity index is 1030. The molecular weight excluding hydrogens is 328 g/mol. The molecule has 4 rings (SSSR count). The summed E-state index contributed by atoms with van der Waals surface area (Å²) in [5, 5.41) is 12.0. The lowest BCUT2D eigenvalue weighted by Crippen LogP contribution is -2.14. The molecule has 7 heteroatoms. The molecular formula is C19H18N6O. The van der Waals surface area contributed by atoms with Crippen LogP contribution in [-0.4, -0.2) is 15.9 Å². The molecule has 1 fully saturated rings. The van der Waals surface area contributed by atoms with Crippen molar-refractivity contribution in [2.75, 3.05) is 5.32 Å². The fourth-order valence-corrected chi connectivity index (χ4v) is 2.89. The highest BCUT2D eigenvalue weighted by Crippen LogP contribution is 2.31. The molecule has 3 aromatic rings. The van der Waals surface area contributed by atoms with Gasteiger partial charge in [-0.1, -0.05) is 17.4 Å². The standard InChI is InChI=1S/C19H18N6O/c1-11-17(8-16(10-21-11)24-25-20)14-5-4-13-7-18(22-9-15(13)6-14)23-19(26)12-2-3-12/h4-10,12H,2-3H2,1H3,(H2,20,24)(H,22,23,26). The number of fused-ring (bicyclic) bond motifs is 1. The molecule has 2 aromatic heterocycles. The molecule has 1 aromatic carbocycles. The zero-order valence-electron chi connectivity index (χ0n) is 14.3. The maximum atomic E-state index is 11.9. The molecule has 3 N–H and O–H groups in total. The van der Waals surface area contributed by atoms with Crippen molar-refractivity contribution in [3.8, 4) is 11.1 Å². The first-order chi connectivity index (χ1) is 12.6. The van der Waals surface area contributed by atoms with E-state index in [1.54, 1.807) is 12.4 Å². The van der Waals surface area contributed by atoms with E-state index in [4.69, 9.17) is 5.84 Å². The number of hydrogen-bond donors (Lipinski definition) is 2. The molecule has 26 heavy (non-hydrogen) atoms. The zero-order valence-corrected chi connectivity index (χ0v) is 14.3. The largest absolute Gasteiger partial charge is 0.310 e. The van der Waals surface area contributed by atoms with Crippen molar-refractivity contribution < 1.29 is 4.79 Å². The molecule has 1 aliphatic carbocycles. The third-order valence-corrected chi connectivity index (χ3v) is 4.48. The Morgan fingerprint density at radius 3 is 2.77 bits per heavy atom. The summed E-state index contributed by atoms with van der Waals surface area (Å²) in [6, 6.07) is 9.86. The topological polar surface area (TPSA) is 106 Å². The SMILES string of the molecule is Cc1ncc(N=NN)cc1-c1ccc2cc(NC(=O)C3CC3)ncc2c1.